The molecule has 1 fully saturated rings. The normalized spacial score (nSPS) is 29.1. The number of aliphatic hydroxyl groups excluding tert-OH is 1. The number of morpholine rings is 1. The van der Waals surface area contributed by atoms with E-state index in [1.165, 1.54) is 6.92 Å². The molecule has 0 spiro atoms. The number of allylic oxidation sites excluding steroid dienone is 4. The van der Waals surface area contributed by atoms with Gasteiger partial charge in [0.25, 0.3) is 0 Å². The zero-order valence-corrected chi connectivity index (χ0v) is 15.5. The Bertz CT molecular complexity index is 625. The number of aliphatic imine (C=N–C) groups is 1. The van der Waals surface area contributed by atoms with Crippen molar-refractivity contribution >= 4 is 49.8 Å². The van der Waals surface area contributed by atoms with Gasteiger partial charge in [0.15, 0.2) is 5.78 Å². The zero-order valence-electron chi connectivity index (χ0n) is 12.3. The minimum absolute atomic E-state index is 0.0230. The van der Waals surface area contributed by atoms with Crippen molar-refractivity contribution in [3.8, 4) is 0 Å². The number of ether oxygens (including phenoxy) is 1. The zero-order chi connectivity index (χ0) is 17.0. The third-order valence-corrected chi connectivity index (χ3v) is 4.78. The quantitative estimate of drug-likeness (QED) is 0.603. The van der Waals surface area contributed by atoms with E-state index in [1.807, 2.05) is 6.08 Å². The number of carbonyl (C=O) groups is 2. The molecule has 0 aromatic heterocycles. The average Bonchev–Trinajstić information content (AvgIpc) is 2.52. The minimum Gasteiger partial charge on any atom is -0.510 e. The number of rotatable bonds is 1. The first-order valence-corrected chi connectivity index (χ1v) is 8.64. The molecule has 2 aliphatic heterocycles. The van der Waals surface area contributed by atoms with Gasteiger partial charge in [0.05, 0.1) is 15.4 Å². The Balaban J connectivity index is 0.000000167. The second kappa shape index (κ2) is 8.03. The number of hydrogen-bond donors (Lipinski definition) is 2. The second-order valence-electron chi connectivity index (χ2n) is 5.14. The lowest BCUT2D eigenvalue weighted by atomic mass is 10.0. The summed E-state index contributed by atoms with van der Waals surface area (Å²) in [6.45, 7) is 1.67. The molecular weight excluding hydrogens is 432 g/mol. The lowest BCUT2D eigenvalue weighted by Gasteiger charge is -2.28. The third-order valence-electron chi connectivity index (χ3n) is 3.39. The highest BCUT2D eigenvalue weighted by Crippen LogP contribution is 2.31. The van der Waals surface area contributed by atoms with Crippen LogP contribution in [-0.2, 0) is 14.3 Å². The summed E-state index contributed by atoms with van der Waals surface area (Å²) < 4.78 is 5.79. The summed E-state index contributed by atoms with van der Waals surface area (Å²) >= 11 is 6.45. The fourth-order valence-electron chi connectivity index (χ4n) is 2.13. The first kappa shape index (κ1) is 18.1. The number of ketones is 1. The topological polar surface area (TPSA) is 88.0 Å². The Kier molecular flexibility index (Phi) is 6.32. The van der Waals surface area contributed by atoms with Crippen LogP contribution < -0.4 is 5.32 Å². The first-order chi connectivity index (χ1) is 10.9. The van der Waals surface area contributed by atoms with Crippen molar-refractivity contribution in [2.75, 3.05) is 6.61 Å². The highest BCUT2D eigenvalue weighted by Gasteiger charge is 2.27. The van der Waals surface area contributed by atoms with Crippen molar-refractivity contribution in [2.45, 2.75) is 30.3 Å². The Labute approximate surface area is 150 Å². The molecule has 23 heavy (non-hydrogen) atoms. The van der Waals surface area contributed by atoms with Gasteiger partial charge in [-0.1, -0.05) is 15.9 Å². The van der Waals surface area contributed by atoms with Crippen LogP contribution in [0.4, 0.5) is 0 Å². The minimum atomic E-state index is -0.143. The molecule has 124 valence electrons. The van der Waals surface area contributed by atoms with E-state index in [1.54, 1.807) is 18.5 Å². The molecular formula is C15H16Br2N2O4. The van der Waals surface area contributed by atoms with Gasteiger partial charge in [-0.05, 0) is 47.0 Å². The second-order valence-corrected chi connectivity index (χ2v) is 7.10. The van der Waals surface area contributed by atoms with Crippen molar-refractivity contribution in [2.24, 2.45) is 4.99 Å². The van der Waals surface area contributed by atoms with E-state index in [4.69, 9.17) is 4.74 Å². The predicted molar refractivity (Wildman–Crippen MR) is 94.0 cm³/mol. The smallest absolute Gasteiger partial charge is 0.246 e. The number of Topliss-reactive ketones (excluding diaryl/α,β-unsaturated/α-hetero) is 1. The van der Waals surface area contributed by atoms with Gasteiger partial charge < -0.3 is 15.2 Å². The van der Waals surface area contributed by atoms with Gasteiger partial charge in [0, 0.05) is 12.4 Å². The summed E-state index contributed by atoms with van der Waals surface area (Å²) in [5.74, 6) is 0.219. The maximum Gasteiger partial charge on any atom is 0.246 e. The largest absolute Gasteiger partial charge is 0.510 e. The highest BCUT2D eigenvalue weighted by molar-refractivity contribution is 9.12. The molecule has 2 N–H and O–H groups in total. The van der Waals surface area contributed by atoms with Gasteiger partial charge in [0.2, 0.25) is 5.91 Å². The molecule has 3 rings (SSSR count). The van der Waals surface area contributed by atoms with Gasteiger partial charge in [-0.15, -0.1) is 0 Å². The van der Waals surface area contributed by atoms with E-state index >= 15 is 0 Å². The lowest BCUT2D eigenvalue weighted by Crippen LogP contribution is -2.52. The maximum atomic E-state index is 11.0. The monoisotopic (exact) mass is 446 g/mol. The van der Waals surface area contributed by atoms with E-state index in [0.29, 0.717) is 10.9 Å². The fraction of sp³-hybridized carbons (Fsp3) is 0.400. The van der Waals surface area contributed by atoms with E-state index in [2.05, 4.69) is 42.2 Å². The Morgan fingerprint density at radius 1 is 1.52 bits per heavy atom. The number of amides is 1. The molecule has 0 radical (unpaired) electrons. The van der Waals surface area contributed by atoms with E-state index in [9.17, 15) is 14.7 Å². The number of fused-ring (bicyclic) bond motifs is 1. The van der Waals surface area contributed by atoms with Gasteiger partial charge >= 0.3 is 0 Å². The van der Waals surface area contributed by atoms with Crippen molar-refractivity contribution in [1.29, 1.82) is 0 Å². The van der Waals surface area contributed by atoms with Crippen LogP contribution in [0.1, 0.15) is 13.3 Å². The first-order valence-electron chi connectivity index (χ1n) is 6.93. The summed E-state index contributed by atoms with van der Waals surface area (Å²) in [7, 11) is 0. The predicted octanol–water partition coefficient (Wildman–Crippen LogP) is 2.30. The van der Waals surface area contributed by atoms with Crippen molar-refractivity contribution in [1.82, 2.24) is 5.32 Å². The van der Waals surface area contributed by atoms with E-state index in [-0.39, 0.29) is 41.0 Å². The van der Waals surface area contributed by atoms with Crippen molar-refractivity contribution < 1.29 is 19.4 Å². The average molecular weight is 448 g/mol. The maximum absolute atomic E-state index is 11.0. The van der Waals surface area contributed by atoms with Crippen LogP contribution in [0.5, 0.6) is 0 Å². The van der Waals surface area contributed by atoms with Crippen LogP contribution in [0.25, 0.3) is 0 Å². The summed E-state index contributed by atoms with van der Waals surface area (Å²) in [6, 6.07) is -0.0683. The van der Waals surface area contributed by atoms with Gasteiger partial charge in [-0.25, -0.2) is 0 Å². The number of hydrogen-bond acceptors (Lipinski definition) is 5. The number of alkyl halides is 1. The molecule has 6 nitrogen and oxygen atoms in total. The number of nitrogens with one attached hydrogen (secondary N) is 1. The van der Waals surface area contributed by atoms with Gasteiger partial charge in [-0.3, -0.25) is 14.6 Å². The van der Waals surface area contributed by atoms with Crippen molar-refractivity contribution in [3.63, 3.8) is 0 Å². The number of nitrogens with zero attached hydrogens (tertiary/aromatic N) is 1. The molecule has 1 saturated heterocycles. The molecule has 0 aromatic rings. The summed E-state index contributed by atoms with van der Waals surface area (Å²) in [4.78, 5) is 25.5. The van der Waals surface area contributed by atoms with Crippen LogP contribution in [0.3, 0.4) is 0 Å². The van der Waals surface area contributed by atoms with Crippen LogP contribution >= 0.6 is 31.9 Å². The van der Waals surface area contributed by atoms with Crippen LogP contribution in [0.2, 0.25) is 0 Å². The SMILES string of the molecule is CC(=O)C1=CC(Br)=C(O)C(Br)C1.O=C1COC2C=CN=CC2N1. The van der Waals surface area contributed by atoms with E-state index < -0.39 is 0 Å². The molecule has 3 atom stereocenters. The molecule has 0 bridgehead atoms. The van der Waals surface area contributed by atoms with Gasteiger partial charge in [0.1, 0.15) is 18.5 Å². The van der Waals surface area contributed by atoms with Crippen LogP contribution in [-0.4, -0.2) is 46.6 Å². The van der Waals surface area contributed by atoms with Gasteiger partial charge in [-0.2, -0.15) is 0 Å². The standard InChI is InChI=1S/C8H8Br2O2.C7H8N2O2/c1-4(11)5-2-6(9)8(12)7(10)3-5;10-7-4-11-6-1-2-8-3-5(6)9-7/h2,7,12H,3H2,1H3;1-3,5-6H,4H2,(H,9,10). The van der Waals surface area contributed by atoms with Crippen LogP contribution in [0, 0.1) is 0 Å². The molecule has 0 saturated carbocycles. The summed E-state index contributed by atoms with van der Waals surface area (Å²) in [5.41, 5.74) is 0.724. The third kappa shape index (κ3) is 4.86. The molecule has 8 heteroatoms. The summed E-state index contributed by atoms with van der Waals surface area (Å²) in [5, 5.41) is 12.1. The molecule has 3 unspecified atom stereocenters. The highest BCUT2D eigenvalue weighted by atomic mass is 79.9. The summed E-state index contributed by atoms with van der Waals surface area (Å²) in [6.07, 6.45) is 7.39. The molecule has 1 amide bonds. The van der Waals surface area contributed by atoms with Crippen LogP contribution in [0.15, 0.2) is 39.2 Å². The van der Waals surface area contributed by atoms with E-state index in [0.717, 1.165) is 5.57 Å². The molecule has 1 aliphatic carbocycles. The Morgan fingerprint density at radius 2 is 2.26 bits per heavy atom. The molecule has 2 heterocycles. The number of carbonyl (C=O) groups excluding carboxylic acids is 2. The van der Waals surface area contributed by atoms with Crippen molar-refractivity contribution in [3.05, 3.63) is 34.2 Å². The number of aliphatic hydroxyl groups is 1. The Hall–Kier alpha value is -1.25. The molecule has 0 aromatic carbocycles. The number of halogens is 2. The fourth-order valence-corrected chi connectivity index (χ4v) is 3.59. The lowest BCUT2D eigenvalue weighted by molar-refractivity contribution is -0.132. The Morgan fingerprint density at radius 3 is 2.91 bits per heavy atom. The molecule has 3 aliphatic rings.